The number of hydrogen-bond acceptors (Lipinski definition) is 2. The maximum Gasteiger partial charge on any atom is 0.169 e. The molecule has 0 heterocycles. The molecule has 0 saturated heterocycles. The maximum absolute atomic E-state index is 5.99. The van der Waals surface area contributed by atoms with Crippen LogP contribution in [0.5, 0.6) is 17.2 Å². The average molecular weight is 351 g/mol. The largest absolute Gasteiger partial charge is 0.490 e. The number of hydrogen-bond donors (Lipinski definition) is 0. The fourth-order valence-electron chi connectivity index (χ4n) is 2.79. The molecule has 2 nitrogen and oxygen atoms in total. The molecule has 2 aromatic carbocycles. The van der Waals surface area contributed by atoms with Gasteiger partial charge in [-0.05, 0) is 54.7 Å². The lowest BCUT2D eigenvalue weighted by molar-refractivity contribution is 0.266. The summed E-state index contributed by atoms with van der Waals surface area (Å²) in [6.07, 6.45) is 10.3. The van der Waals surface area contributed by atoms with Gasteiger partial charge in [0.05, 0.1) is 6.61 Å². The fourth-order valence-corrected chi connectivity index (χ4v) is 2.79. The van der Waals surface area contributed by atoms with Gasteiger partial charge in [-0.15, -0.1) is 6.42 Å². The average Bonchev–Trinajstić information content (AvgIpc) is 2.63. The van der Waals surface area contributed by atoms with Crippen molar-refractivity contribution >= 4 is 0 Å². The molecule has 0 spiro atoms. The standard InChI is InChI=1S/C24H30O2/c1-5-21-13-15-22(16-14-21)26-24-12-7-6-11-23(24)25-18-17-20(4)10-8-9-19(2)3/h1,6-7,11-16,19-20H,8-10,17-18H2,2-4H3. The highest BCUT2D eigenvalue weighted by Gasteiger charge is 2.08. The van der Waals surface area contributed by atoms with Crippen molar-refractivity contribution in [1.29, 1.82) is 0 Å². The lowest BCUT2D eigenvalue weighted by Crippen LogP contribution is -2.05. The monoisotopic (exact) mass is 350 g/mol. The molecule has 1 unspecified atom stereocenters. The van der Waals surface area contributed by atoms with Gasteiger partial charge in [-0.2, -0.15) is 0 Å². The van der Waals surface area contributed by atoms with Gasteiger partial charge < -0.3 is 9.47 Å². The van der Waals surface area contributed by atoms with E-state index < -0.39 is 0 Å². The molecule has 2 aromatic rings. The highest BCUT2D eigenvalue weighted by atomic mass is 16.5. The van der Waals surface area contributed by atoms with E-state index in [-0.39, 0.29) is 0 Å². The Bertz CT molecular complexity index is 695. The van der Waals surface area contributed by atoms with Crippen LogP contribution < -0.4 is 9.47 Å². The number of benzene rings is 2. The van der Waals surface area contributed by atoms with Crippen molar-refractivity contribution in [3.05, 3.63) is 54.1 Å². The zero-order valence-electron chi connectivity index (χ0n) is 16.2. The van der Waals surface area contributed by atoms with E-state index in [9.17, 15) is 0 Å². The third-order valence-corrected chi connectivity index (χ3v) is 4.44. The zero-order chi connectivity index (χ0) is 18.8. The van der Waals surface area contributed by atoms with Crippen molar-refractivity contribution in [2.24, 2.45) is 11.8 Å². The first-order chi connectivity index (χ1) is 12.6. The number of terminal acetylenes is 1. The summed E-state index contributed by atoms with van der Waals surface area (Å²) in [7, 11) is 0. The first kappa shape index (κ1) is 19.9. The molecule has 0 aliphatic heterocycles. The van der Waals surface area contributed by atoms with Crippen LogP contribution in [0.15, 0.2) is 48.5 Å². The van der Waals surface area contributed by atoms with Gasteiger partial charge in [0, 0.05) is 5.56 Å². The Balaban J connectivity index is 1.85. The molecule has 0 aromatic heterocycles. The number of rotatable bonds is 10. The van der Waals surface area contributed by atoms with Crippen LogP contribution in [-0.4, -0.2) is 6.61 Å². The highest BCUT2D eigenvalue weighted by Crippen LogP contribution is 2.31. The van der Waals surface area contributed by atoms with Crippen LogP contribution >= 0.6 is 0 Å². The van der Waals surface area contributed by atoms with E-state index in [1.807, 2.05) is 48.5 Å². The van der Waals surface area contributed by atoms with Crippen molar-refractivity contribution in [3.63, 3.8) is 0 Å². The quantitative estimate of drug-likeness (QED) is 0.444. The Morgan fingerprint density at radius 1 is 0.885 bits per heavy atom. The predicted octanol–water partition coefficient (Wildman–Crippen LogP) is 6.69. The van der Waals surface area contributed by atoms with E-state index in [2.05, 4.69) is 26.7 Å². The van der Waals surface area contributed by atoms with E-state index in [0.717, 1.165) is 35.2 Å². The third kappa shape index (κ3) is 6.84. The van der Waals surface area contributed by atoms with Crippen LogP contribution in [0.3, 0.4) is 0 Å². The molecule has 0 radical (unpaired) electrons. The smallest absolute Gasteiger partial charge is 0.169 e. The van der Waals surface area contributed by atoms with Gasteiger partial charge in [0.2, 0.25) is 0 Å². The molecule has 1 atom stereocenters. The molecule has 0 amide bonds. The molecule has 138 valence electrons. The molecule has 0 aliphatic carbocycles. The van der Waals surface area contributed by atoms with Crippen molar-refractivity contribution in [2.75, 3.05) is 6.61 Å². The van der Waals surface area contributed by atoms with E-state index in [4.69, 9.17) is 15.9 Å². The van der Waals surface area contributed by atoms with E-state index >= 15 is 0 Å². The molecule has 2 rings (SSSR count). The van der Waals surface area contributed by atoms with Gasteiger partial charge in [0.15, 0.2) is 11.5 Å². The summed E-state index contributed by atoms with van der Waals surface area (Å²) in [5.41, 5.74) is 0.841. The fraction of sp³-hybridized carbons (Fsp3) is 0.417. The second-order valence-electron chi connectivity index (χ2n) is 7.28. The van der Waals surface area contributed by atoms with Gasteiger partial charge in [0.25, 0.3) is 0 Å². The SMILES string of the molecule is C#Cc1ccc(Oc2ccccc2OCCC(C)CCCC(C)C)cc1. The molecular weight excluding hydrogens is 320 g/mol. The Morgan fingerprint density at radius 2 is 1.58 bits per heavy atom. The Kier molecular flexibility index (Phi) is 8.09. The molecule has 0 bridgehead atoms. The minimum absolute atomic E-state index is 0.679. The van der Waals surface area contributed by atoms with Gasteiger partial charge in [0.1, 0.15) is 5.75 Å². The summed E-state index contributed by atoms with van der Waals surface area (Å²) in [5.74, 6) is 6.34. The summed E-state index contributed by atoms with van der Waals surface area (Å²) < 4.78 is 12.0. The summed E-state index contributed by atoms with van der Waals surface area (Å²) in [6, 6.07) is 15.3. The molecule has 0 aliphatic rings. The summed E-state index contributed by atoms with van der Waals surface area (Å²) in [6.45, 7) is 7.58. The van der Waals surface area contributed by atoms with Gasteiger partial charge in [-0.1, -0.05) is 58.1 Å². The van der Waals surface area contributed by atoms with Crippen molar-refractivity contribution in [1.82, 2.24) is 0 Å². The van der Waals surface area contributed by atoms with Crippen molar-refractivity contribution in [2.45, 2.75) is 46.5 Å². The second kappa shape index (κ2) is 10.6. The Hall–Kier alpha value is -2.40. The molecule has 2 heteroatoms. The van der Waals surface area contributed by atoms with Crippen LogP contribution in [0.1, 0.15) is 52.0 Å². The maximum atomic E-state index is 5.99. The topological polar surface area (TPSA) is 18.5 Å². The van der Waals surface area contributed by atoms with Crippen LogP contribution in [0.4, 0.5) is 0 Å². The molecule has 26 heavy (non-hydrogen) atoms. The zero-order valence-corrected chi connectivity index (χ0v) is 16.2. The predicted molar refractivity (Wildman–Crippen MR) is 109 cm³/mol. The minimum Gasteiger partial charge on any atom is -0.490 e. The van der Waals surface area contributed by atoms with Crippen LogP contribution in [0.25, 0.3) is 0 Å². The lowest BCUT2D eigenvalue weighted by atomic mass is 9.98. The Morgan fingerprint density at radius 3 is 2.23 bits per heavy atom. The third-order valence-electron chi connectivity index (χ3n) is 4.44. The van der Waals surface area contributed by atoms with Crippen LogP contribution in [0.2, 0.25) is 0 Å². The summed E-state index contributed by atoms with van der Waals surface area (Å²) in [4.78, 5) is 0. The van der Waals surface area contributed by atoms with E-state index in [1.165, 1.54) is 19.3 Å². The molecule has 0 saturated carbocycles. The van der Waals surface area contributed by atoms with E-state index in [0.29, 0.717) is 12.5 Å². The van der Waals surface area contributed by atoms with Gasteiger partial charge in [-0.25, -0.2) is 0 Å². The molecule has 0 fully saturated rings. The summed E-state index contributed by atoms with van der Waals surface area (Å²) >= 11 is 0. The van der Waals surface area contributed by atoms with Gasteiger partial charge in [-0.3, -0.25) is 0 Å². The first-order valence-corrected chi connectivity index (χ1v) is 9.55. The first-order valence-electron chi connectivity index (χ1n) is 9.55. The van der Waals surface area contributed by atoms with Crippen molar-refractivity contribution in [3.8, 4) is 29.6 Å². The minimum atomic E-state index is 0.679. The van der Waals surface area contributed by atoms with Gasteiger partial charge >= 0.3 is 0 Å². The normalized spacial score (nSPS) is 11.8. The number of ether oxygens (including phenoxy) is 2. The lowest BCUT2D eigenvalue weighted by Gasteiger charge is -2.15. The molecular formula is C24H30O2. The molecule has 0 N–H and O–H groups in total. The highest BCUT2D eigenvalue weighted by molar-refractivity contribution is 5.44. The summed E-state index contributed by atoms with van der Waals surface area (Å²) in [5, 5.41) is 0. The Labute approximate surface area is 158 Å². The van der Waals surface area contributed by atoms with Crippen LogP contribution in [-0.2, 0) is 0 Å². The van der Waals surface area contributed by atoms with Crippen molar-refractivity contribution < 1.29 is 9.47 Å². The second-order valence-corrected chi connectivity index (χ2v) is 7.28. The van der Waals surface area contributed by atoms with Crippen LogP contribution in [0, 0.1) is 24.2 Å². The number of para-hydroxylation sites is 2. The van der Waals surface area contributed by atoms with E-state index in [1.54, 1.807) is 0 Å².